The molecular formula is C12H22N2O4. The van der Waals surface area contributed by atoms with E-state index >= 15 is 0 Å². The van der Waals surface area contributed by atoms with Crippen LogP contribution in [0.15, 0.2) is 0 Å². The van der Waals surface area contributed by atoms with Gasteiger partial charge in [-0.3, -0.25) is 0 Å². The summed E-state index contributed by atoms with van der Waals surface area (Å²) in [5, 5.41) is 23.4. The Bertz CT molecular complexity index is 317. The van der Waals surface area contributed by atoms with Crippen LogP contribution in [0, 0.1) is 5.92 Å². The van der Waals surface area contributed by atoms with Crippen molar-refractivity contribution < 1.29 is 19.8 Å². The lowest BCUT2D eigenvalue weighted by Gasteiger charge is -2.30. The van der Waals surface area contributed by atoms with Crippen molar-refractivity contribution in [1.29, 1.82) is 0 Å². The van der Waals surface area contributed by atoms with Gasteiger partial charge in [0.05, 0.1) is 6.54 Å². The maximum absolute atomic E-state index is 11.6. The smallest absolute Gasteiger partial charge is 0.337 e. The van der Waals surface area contributed by atoms with E-state index < -0.39 is 17.6 Å². The second-order valence-electron chi connectivity index (χ2n) is 5.27. The largest absolute Gasteiger partial charge is 0.479 e. The molecule has 1 aliphatic carbocycles. The molecule has 3 unspecified atom stereocenters. The molecule has 6 nitrogen and oxygen atoms in total. The fourth-order valence-electron chi connectivity index (χ4n) is 2.08. The van der Waals surface area contributed by atoms with Gasteiger partial charge in [-0.05, 0) is 25.7 Å². The number of hydrogen-bond donors (Lipinski definition) is 4. The maximum atomic E-state index is 11.6. The molecule has 2 amide bonds. The highest BCUT2D eigenvalue weighted by molar-refractivity contribution is 5.79. The van der Waals surface area contributed by atoms with Crippen LogP contribution in [0.3, 0.4) is 0 Å². The Labute approximate surface area is 107 Å². The Morgan fingerprint density at radius 1 is 1.33 bits per heavy atom. The van der Waals surface area contributed by atoms with Crippen LogP contribution in [0.25, 0.3) is 0 Å². The van der Waals surface area contributed by atoms with Crippen LogP contribution in [0.4, 0.5) is 4.79 Å². The number of aliphatic hydroxyl groups is 1. The zero-order valence-electron chi connectivity index (χ0n) is 10.9. The van der Waals surface area contributed by atoms with Gasteiger partial charge >= 0.3 is 12.0 Å². The number of aliphatic carboxylic acids is 1. The summed E-state index contributed by atoms with van der Waals surface area (Å²) in [6, 6.07) is -0.288. The van der Waals surface area contributed by atoms with Gasteiger partial charge in [-0.1, -0.05) is 19.8 Å². The van der Waals surface area contributed by atoms with Gasteiger partial charge in [-0.25, -0.2) is 9.59 Å². The minimum Gasteiger partial charge on any atom is -0.479 e. The molecule has 0 aromatic rings. The summed E-state index contributed by atoms with van der Waals surface area (Å²) >= 11 is 0. The van der Waals surface area contributed by atoms with E-state index in [0.29, 0.717) is 5.92 Å². The molecule has 0 radical (unpaired) electrons. The summed E-state index contributed by atoms with van der Waals surface area (Å²) in [5.41, 5.74) is -1.93. The van der Waals surface area contributed by atoms with Gasteiger partial charge in [0.1, 0.15) is 0 Å². The number of carbonyl (C=O) groups is 2. The highest BCUT2D eigenvalue weighted by Crippen LogP contribution is 2.23. The number of nitrogens with one attached hydrogen (secondary N) is 2. The SMILES string of the molecule is CC1CCCCC1NC(=O)NCC(C)(O)C(=O)O. The van der Waals surface area contributed by atoms with Gasteiger partial charge in [-0.15, -0.1) is 0 Å². The first kappa shape index (κ1) is 14.8. The van der Waals surface area contributed by atoms with Crippen LogP contribution < -0.4 is 10.6 Å². The minimum absolute atomic E-state index is 0.133. The number of hydrogen-bond acceptors (Lipinski definition) is 3. The van der Waals surface area contributed by atoms with Gasteiger partial charge in [0.2, 0.25) is 0 Å². The van der Waals surface area contributed by atoms with E-state index in [9.17, 15) is 14.7 Å². The van der Waals surface area contributed by atoms with Crippen LogP contribution in [0.2, 0.25) is 0 Å². The Balaban J connectivity index is 2.35. The van der Waals surface area contributed by atoms with Crippen LogP contribution in [0.5, 0.6) is 0 Å². The van der Waals surface area contributed by atoms with E-state index in [4.69, 9.17) is 5.11 Å². The first-order valence-corrected chi connectivity index (χ1v) is 6.33. The summed E-state index contributed by atoms with van der Waals surface area (Å²) in [6.07, 6.45) is 4.33. The summed E-state index contributed by atoms with van der Waals surface area (Å²) in [6.45, 7) is 2.94. The summed E-state index contributed by atoms with van der Waals surface area (Å²) in [4.78, 5) is 22.3. The predicted octanol–water partition coefficient (Wildman–Crippen LogP) is 0.700. The molecule has 104 valence electrons. The molecule has 0 spiro atoms. The average Bonchev–Trinajstić information content (AvgIpc) is 2.29. The lowest BCUT2D eigenvalue weighted by atomic mass is 9.86. The van der Waals surface area contributed by atoms with Gasteiger partial charge < -0.3 is 20.8 Å². The second-order valence-corrected chi connectivity index (χ2v) is 5.27. The Morgan fingerprint density at radius 3 is 2.50 bits per heavy atom. The molecule has 6 heteroatoms. The van der Waals surface area contributed by atoms with Crippen molar-refractivity contribution in [3.63, 3.8) is 0 Å². The zero-order valence-corrected chi connectivity index (χ0v) is 10.9. The predicted molar refractivity (Wildman–Crippen MR) is 66.2 cm³/mol. The molecule has 0 aromatic heterocycles. The molecule has 0 heterocycles. The number of carbonyl (C=O) groups excluding carboxylic acids is 1. The first-order valence-electron chi connectivity index (χ1n) is 6.33. The van der Waals surface area contributed by atoms with Crippen molar-refractivity contribution in [1.82, 2.24) is 10.6 Å². The minimum atomic E-state index is -1.93. The molecule has 1 saturated carbocycles. The molecule has 18 heavy (non-hydrogen) atoms. The van der Waals surface area contributed by atoms with Crippen LogP contribution in [-0.4, -0.2) is 40.4 Å². The summed E-state index contributed by atoms with van der Waals surface area (Å²) in [5.74, 6) is -0.918. The van der Waals surface area contributed by atoms with Crippen molar-refractivity contribution in [2.75, 3.05) is 6.54 Å². The number of urea groups is 1. The third kappa shape index (κ3) is 4.18. The molecule has 0 saturated heterocycles. The maximum Gasteiger partial charge on any atom is 0.337 e. The third-order valence-electron chi connectivity index (χ3n) is 3.48. The van der Waals surface area contributed by atoms with Crippen molar-refractivity contribution in [3.8, 4) is 0 Å². The molecule has 3 atom stereocenters. The van der Waals surface area contributed by atoms with Crippen molar-refractivity contribution in [2.45, 2.75) is 51.2 Å². The van der Waals surface area contributed by atoms with Gasteiger partial charge in [0, 0.05) is 6.04 Å². The standard InChI is InChI=1S/C12H22N2O4/c1-8-5-3-4-6-9(8)14-11(17)13-7-12(2,18)10(15)16/h8-9,18H,3-7H2,1-2H3,(H,15,16)(H2,13,14,17). The second kappa shape index (κ2) is 6.04. The van der Waals surface area contributed by atoms with Crippen LogP contribution >= 0.6 is 0 Å². The van der Waals surface area contributed by atoms with E-state index in [2.05, 4.69) is 17.6 Å². The highest BCUT2D eigenvalue weighted by Gasteiger charge is 2.31. The fourth-order valence-corrected chi connectivity index (χ4v) is 2.08. The van der Waals surface area contributed by atoms with E-state index in [1.54, 1.807) is 0 Å². The average molecular weight is 258 g/mol. The molecule has 4 N–H and O–H groups in total. The van der Waals surface area contributed by atoms with Crippen molar-refractivity contribution in [2.24, 2.45) is 5.92 Å². The number of carboxylic acids is 1. The first-order chi connectivity index (χ1) is 8.33. The van der Waals surface area contributed by atoms with E-state index in [-0.39, 0.29) is 12.6 Å². The number of amides is 2. The monoisotopic (exact) mass is 258 g/mol. The molecule has 0 aliphatic heterocycles. The number of carboxylic acid groups (broad SMARTS) is 1. The highest BCUT2D eigenvalue weighted by atomic mass is 16.4. The summed E-state index contributed by atoms with van der Waals surface area (Å²) < 4.78 is 0. The topological polar surface area (TPSA) is 98.7 Å². The Kier molecular flexibility index (Phi) is 4.95. The van der Waals surface area contributed by atoms with E-state index in [1.165, 1.54) is 6.42 Å². The molecular weight excluding hydrogens is 236 g/mol. The lowest BCUT2D eigenvalue weighted by molar-refractivity contribution is -0.155. The number of rotatable bonds is 4. The zero-order chi connectivity index (χ0) is 13.8. The Hall–Kier alpha value is -1.30. The quantitative estimate of drug-likeness (QED) is 0.596. The molecule has 0 bridgehead atoms. The fraction of sp³-hybridized carbons (Fsp3) is 0.833. The van der Waals surface area contributed by atoms with Crippen molar-refractivity contribution >= 4 is 12.0 Å². The van der Waals surface area contributed by atoms with E-state index in [1.807, 2.05) is 0 Å². The normalized spacial score (nSPS) is 27.1. The molecule has 1 fully saturated rings. The lowest BCUT2D eigenvalue weighted by Crippen LogP contribution is -2.52. The van der Waals surface area contributed by atoms with Crippen LogP contribution in [0.1, 0.15) is 39.5 Å². The van der Waals surface area contributed by atoms with Crippen molar-refractivity contribution in [3.05, 3.63) is 0 Å². The van der Waals surface area contributed by atoms with E-state index in [0.717, 1.165) is 26.2 Å². The van der Waals surface area contributed by atoms with Crippen LogP contribution in [-0.2, 0) is 4.79 Å². The third-order valence-corrected chi connectivity index (χ3v) is 3.48. The van der Waals surface area contributed by atoms with Gasteiger partial charge in [0.25, 0.3) is 0 Å². The molecule has 1 aliphatic rings. The van der Waals surface area contributed by atoms with Gasteiger partial charge in [0.15, 0.2) is 5.60 Å². The Morgan fingerprint density at radius 2 is 1.94 bits per heavy atom. The molecule has 1 rings (SSSR count). The summed E-state index contributed by atoms with van der Waals surface area (Å²) in [7, 11) is 0. The molecule has 0 aromatic carbocycles. The van der Waals surface area contributed by atoms with Gasteiger partial charge in [-0.2, -0.15) is 0 Å².